The molecule has 1 unspecified atom stereocenters. The van der Waals surface area contributed by atoms with Crippen molar-refractivity contribution in [3.63, 3.8) is 0 Å². The third kappa shape index (κ3) is 4.83. The highest BCUT2D eigenvalue weighted by atomic mass is 79.9. The van der Waals surface area contributed by atoms with Gasteiger partial charge in [0.1, 0.15) is 6.54 Å². The van der Waals surface area contributed by atoms with Gasteiger partial charge in [0.25, 0.3) is 5.91 Å². The lowest BCUT2D eigenvalue weighted by molar-refractivity contribution is -0.885. The lowest BCUT2D eigenvalue weighted by atomic mass is 10.2. The van der Waals surface area contributed by atoms with Crippen LogP contribution in [0.5, 0.6) is 0 Å². The van der Waals surface area contributed by atoms with Gasteiger partial charge >= 0.3 is 0 Å². The number of halogens is 2. The van der Waals surface area contributed by atoms with E-state index in [-0.39, 0.29) is 5.91 Å². The molecule has 2 rings (SSSR count). The van der Waals surface area contributed by atoms with Crippen molar-refractivity contribution < 1.29 is 9.69 Å². The van der Waals surface area contributed by atoms with E-state index in [4.69, 9.17) is 11.6 Å². The van der Waals surface area contributed by atoms with Crippen LogP contribution in [0, 0.1) is 6.92 Å². The van der Waals surface area contributed by atoms with Crippen LogP contribution in [0.1, 0.15) is 11.1 Å². The van der Waals surface area contributed by atoms with Crippen LogP contribution in [0.15, 0.2) is 46.9 Å². The minimum absolute atomic E-state index is 0.0193. The van der Waals surface area contributed by atoms with E-state index in [0.29, 0.717) is 13.1 Å². The number of aryl methyl sites for hydroxylation is 1. The largest absolute Gasteiger partial charge is 0.326 e. The Morgan fingerprint density at radius 1 is 1.27 bits per heavy atom. The number of rotatable bonds is 5. The summed E-state index contributed by atoms with van der Waals surface area (Å²) in [5, 5.41) is 3.67. The van der Waals surface area contributed by atoms with Crippen LogP contribution in [-0.2, 0) is 11.3 Å². The molecule has 0 fully saturated rings. The minimum Gasteiger partial charge on any atom is -0.326 e. The molecule has 22 heavy (non-hydrogen) atoms. The van der Waals surface area contributed by atoms with Gasteiger partial charge in [0.05, 0.1) is 12.7 Å². The van der Waals surface area contributed by atoms with Crippen molar-refractivity contribution in [1.82, 2.24) is 0 Å². The lowest BCUT2D eigenvalue weighted by Crippen LogP contribution is -3.08. The fraction of sp³-hybridized carbons (Fsp3) is 0.235. The van der Waals surface area contributed by atoms with Gasteiger partial charge in [-0.2, -0.15) is 0 Å². The molecule has 0 saturated heterocycles. The first-order valence-corrected chi connectivity index (χ1v) is 8.23. The van der Waals surface area contributed by atoms with Gasteiger partial charge in [0.15, 0.2) is 6.54 Å². The highest BCUT2D eigenvalue weighted by Crippen LogP contribution is 2.23. The van der Waals surface area contributed by atoms with Crippen molar-refractivity contribution >= 4 is 39.1 Å². The summed E-state index contributed by atoms with van der Waals surface area (Å²) >= 11 is 9.62. The molecule has 2 N–H and O–H groups in total. The smallest absolute Gasteiger partial charge is 0.279 e. The van der Waals surface area contributed by atoms with E-state index in [1.807, 2.05) is 56.4 Å². The first kappa shape index (κ1) is 17.0. The Labute approximate surface area is 144 Å². The normalized spacial score (nSPS) is 12.0. The summed E-state index contributed by atoms with van der Waals surface area (Å²) in [6.45, 7) is 3.10. The number of benzene rings is 2. The topological polar surface area (TPSA) is 33.5 Å². The van der Waals surface area contributed by atoms with E-state index >= 15 is 0 Å². The number of hydrogen-bond donors (Lipinski definition) is 2. The summed E-state index contributed by atoms with van der Waals surface area (Å²) in [6, 6.07) is 13.6. The lowest BCUT2D eigenvalue weighted by Gasteiger charge is -2.15. The zero-order valence-electron chi connectivity index (χ0n) is 12.6. The van der Waals surface area contributed by atoms with Gasteiger partial charge in [-0.05, 0) is 46.6 Å². The average Bonchev–Trinajstić information content (AvgIpc) is 2.44. The third-order valence-corrected chi connectivity index (χ3v) is 4.34. The molecule has 0 spiro atoms. The van der Waals surface area contributed by atoms with Crippen LogP contribution in [-0.4, -0.2) is 19.5 Å². The number of amides is 1. The van der Waals surface area contributed by atoms with Crippen LogP contribution in [0.25, 0.3) is 0 Å². The van der Waals surface area contributed by atoms with E-state index in [9.17, 15) is 4.79 Å². The van der Waals surface area contributed by atoms with Crippen LogP contribution in [0.2, 0.25) is 5.02 Å². The van der Waals surface area contributed by atoms with Gasteiger partial charge in [0, 0.05) is 15.1 Å². The number of hydrogen-bond acceptors (Lipinski definition) is 1. The van der Waals surface area contributed by atoms with Crippen LogP contribution < -0.4 is 10.2 Å². The number of anilines is 1. The molecule has 116 valence electrons. The summed E-state index contributed by atoms with van der Waals surface area (Å²) in [7, 11) is 1.98. The van der Waals surface area contributed by atoms with E-state index in [1.54, 1.807) is 0 Å². The molecule has 0 saturated carbocycles. The zero-order chi connectivity index (χ0) is 16.1. The van der Waals surface area contributed by atoms with Crippen LogP contribution in [0.4, 0.5) is 5.69 Å². The van der Waals surface area contributed by atoms with Crippen molar-refractivity contribution in [2.45, 2.75) is 13.5 Å². The van der Waals surface area contributed by atoms with Gasteiger partial charge in [0.2, 0.25) is 0 Å². The van der Waals surface area contributed by atoms with Gasteiger partial charge in [-0.1, -0.05) is 35.9 Å². The molecule has 1 amide bonds. The van der Waals surface area contributed by atoms with E-state index in [2.05, 4.69) is 21.2 Å². The SMILES string of the molecule is Cc1ccc(NC(=O)C[NH+](C)Cc2ccccc2Cl)c(Br)c1. The summed E-state index contributed by atoms with van der Waals surface area (Å²) < 4.78 is 0.893. The molecule has 3 nitrogen and oxygen atoms in total. The van der Waals surface area contributed by atoms with Crippen LogP contribution in [0.3, 0.4) is 0 Å². The fourth-order valence-corrected chi connectivity index (χ4v) is 3.01. The summed E-state index contributed by atoms with van der Waals surface area (Å²) in [5.74, 6) is -0.0193. The van der Waals surface area contributed by atoms with Crippen molar-refractivity contribution in [3.05, 3.63) is 63.1 Å². The zero-order valence-corrected chi connectivity index (χ0v) is 15.0. The van der Waals surface area contributed by atoms with E-state index in [0.717, 1.165) is 31.2 Å². The first-order chi connectivity index (χ1) is 10.5. The molecule has 0 aliphatic heterocycles. The molecular weight excluding hydrogens is 364 g/mol. The Balaban J connectivity index is 1.93. The molecule has 2 aromatic carbocycles. The van der Waals surface area contributed by atoms with Gasteiger partial charge in [-0.15, -0.1) is 0 Å². The van der Waals surface area contributed by atoms with Gasteiger partial charge in [-0.3, -0.25) is 4.79 Å². The molecule has 2 aromatic rings. The fourth-order valence-electron chi connectivity index (χ4n) is 2.22. The molecule has 1 atom stereocenters. The second-order valence-corrected chi connectivity index (χ2v) is 6.70. The Bertz CT molecular complexity index is 675. The molecule has 0 aliphatic rings. The molecule has 0 aromatic heterocycles. The Kier molecular flexibility index (Phi) is 6.00. The molecule has 5 heteroatoms. The molecule has 0 heterocycles. The predicted molar refractivity (Wildman–Crippen MR) is 94.4 cm³/mol. The number of carbonyl (C=O) groups excluding carboxylic acids is 1. The van der Waals surface area contributed by atoms with E-state index < -0.39 is 0 Å². The van der Waals surface area contributed by atoms with E-state index in [1.165, 1.54) is 0 Å². The number of quaternary nitrogens is 1. The Morgan fingerprint density at radius 3 is 2.68 bits per heavy atom. The average molecular weight is 383 g/mol. The quantitative estimate of drug-likeness (QED) is 0.819. The summed E-state index contributed by atoms with van der Waals surface area (Å²) in [6.07, 6.45) is 0. The monoisotopic (exact) mass is 381 g/mol. The maximum Gasteiger partial charge on any atom is 0.279 e. The standard InChI is InChI=1S/C17H18BrClN2O/c1-12-7-8-16(14(18)9-12)20-17(22)11-21(2)10-13-5-3-4-6-15(13)19/h3-9H,10-11H2,1-2H3,(H,20,22)/p+1. The number of nitrogens with one attached hydrogen (secondary N) is 2. The summed E-state index contributed by atoms with van der Waals surface area (Å²) in [5.41, 5.74) is 2.98. The molecule has 0 radical (unpaired) electrons. The van der Waals surface area contributed by atoms with Crippen molar-refractivity contribution in [2.24, 2.45) is 0 Å². The van der Waals surface area contributed by atoms with Crippen LogP contribution >= 0.6 is 27.5 Å². The third-order valence-electron chi connectivity index (χ3n) is 3.31. The highest BCUT2D eigenvalue weighted by Gasteiger charge is 2.13. The van der Waals surface area contributed by atoms with Crippen molar-refractivity contribution in [2.75, 3.05) is 18.9 Å². The maximum absolute atomic E-state index is 12.1. The second-order valence-electron chi connectivity index (χ2n) is 5.43. The first-order valence-electron chi connectivity index (χ1n) is 7.06. The number of carbonyl (C=O) groups is 1. The van der Waals surface area contributed by atoms with Gasteiger partial charge in [-0.25, -0.2) is 0 Å². The minimum atomic E-state index is -0.0193. The Morgan fingerprint density at radius 2 is 2.00 bits per heavy atom. The van der Waals surface area contributed by atoms with Gasteiger partial charge < -0.3 is 10.2 Å². The summed E-state index contributed by atoms with van der Waals surface area (Å²) in [4.78, 5) is 13.2. The highest BCUT2D eigenvalue weighted by molar-refractivity contribution is 9.10. The molecular formula is C17H19BrClN2O+. The Hall–Kier alpha value is -1.36. The number of likely N-dealkylation sites (N-methyl/N-ethyl adjacent to an activating group) is 1. The molecule has 0 aliphatic carbocycles. The predicted octanol–water partition coefficient (Wildman–Crippen LogP) is 3.06. The second kappa shape index (κ2) is 7.77. The molecule has 0 bridgehead atoms. The maximum atomic E-state index is 12.1. The van der Waals surface area contributed by atoms with Crippen molar-refractivity contribution in [1.29, 1.82) is 0 Å². The van der Waals surface area contributed by atoms with Crippen molar-refractivity contribution in [3.8, 4) is 0 Å².